The summed E-state index contributed by atoms with van der Waals surface area (Å²) in [6.45, 7) is 5.98. The summed E-state index contributed by atoms with van der Waals surface area (Å²) in [6, 6.07) is 6.92. The Bertz CT molecular complexity index is 834. The van der Waals surface area contributed by atoms with Crippen LogP contribution in [0.25, 0.3) is 0 Å². The van der Waals surface area contributed by atoms with Gasteiger partial charge in [0.05, 0.1) is 0 Å². The molecule has 1 aliphatic rings. The van der Waals surface area contributed by atoms with Gasteiger partial charge >= 0.3 is 0 Å². The van der Waals surface area contributed by atoms with Gasteiger partial charge in [0.15, 0.2) is 0 Å². The summed E-state index contributed by atoms with van der Waals surface area (Å²) in [5, 5.41) is 3.39. The van der Waals surface area contributed by atoms with Crippen molar-refractivity contribution in [1.29, 1.82) is 0 Å². The predicted molar refractivity (Wildman–Crippen MR) is 101 cm³/mol. The number of hydrogen-bond acceptors (Lipinski definition) is 5. The monoisotopic (exact) mass is 373 g/mol. The van der Waals surface area contributed by atoms with E-state index in [0.717, 1.165) is 5.56 Å². The van der Waals surface area contributed by atoms with Crippen molar-refractivity contribution >= 4 is 35.1 Å². The fourth-order valence-corrected chi connectivity index (χ4v) is 2.89. The SMILES string of the molecule is CC(=O)N1CCN(c2nccc(C(=O)Nc3ccc(C)c(Cl)c3)n2)CC1. The Kier molecular flexibility index (Phi) is 5.37. The number of piperazine rings is 1. The molecule has 0 aliphatic carbocycles. The van der Waals surface area contributed by atoms with Gasteiger partial charge in [0.25, 0.3) is 5.91 Å². The topological polar surface area (TPSA) is 78.4 Å². The number of nitrogens with zero attached hydrogens (tertiary/aromatic N) is 4. The number of carbonyl (C=O) groups is 2. The molecule has 26 heavy (non-hydrogen) atoms. The van der Waals surface area contributed by atoms with Crippen LogP contribution in [0.5, 0.6) is 0 Å². The van der Waals surface area contributed by atoms with Crippen LogP contribution in [0, 0.1) is 6.92 Å². The molecular formula is C18H20ClN5O2. The van der Waals surface area contributed by atoms with Gasteiger partial charge in [-0.2, -0.15) is 0 Å². The zero-order chi connectivity index (χ0) is 18.7. The number of amides is 2. The zero-order valence-electron chi connectivity index (χ0n) is 14.7. The molecule has 0 radical (unpaired) electrons. The Balaban J connectivity index is 1.69. The van der Waals surface area contributed by atoms with Crippen LogP contribution in [-0.2, 0) is 4.79 Å². The van der Waals surface area contributed by atoms with Crippen molar-refractivity contribution < 1.29 is 9.59 Å². The van der Waals surface area contributed by atoms with Gasteiger partial charge in [-0.1, -0.05) is 17.7 Å². The molecule has 2 heterocycles. The van der Waals surface area contributed by atoms with E-state index in [1.54, 1.807) is 36.2 Å². The first-order chi connectivity index (χ1) is 12.4. The maximum atomic E-state index is 12.5. The van der Waals surface area contributed by atoms with Crippen molar-refractivity contribution in [2.75, 3.05) is 36.4 Å². The molecule has 0 bridgehead atoms. The fraction of sp³-hybridized carbons (Fsp3) is 0.333. The number of hydrogen-bond donors (Lipinski definition) is 1. The van der Waals surface area contributed by atoms with Gasteiger partial charge in [-0.15, -0.1) is 0 Å². The second-order valence-corrected chi connectivity index (χ2v) is 6.56. The highest BCUT2D eigenvalue weighted by Crippen LogP contribution is 2.20. The first kappa shape index (κ1) is 18.1. The van der Waals surface area contributed by atoms with Crippen LogP contribution < -0.4 is 10.2 Å². The molecule has 0 spiro atoms. The van der Waals surface area contributed by atoms with E-state index >= 15 is 0 Å². The van der Waals surface area contributed by atoms with Crippen LogP contribution in [0.1, 0.15) is 23.0 Å². The summed E-state index contributed by atoms with van der Waals surface area (Å²) in [4.78, 5) is 36.3. The third-order valence-corrected chi connectivity index (χ3v) is 4.72. The summed E-state index contributed by atoms with van der Waals surface area (Å²) in [5.41, 5.74) is 1.83. The molecule has 0 unspecified atom stereocenters. The standard InChI is InChI=1S/C18H20ClN5O2/c1-12-3-4-14(11-15(12)19)21-17(26)16-5-6-20-18(22-16)24-9-7-23(8-10-24)13(2)25/h3-6,11H,7-10H2,1-2H3,(H,21,26). The second-order valence-electron chi connectivity index (χ2n) is 6.15. The smallest absolute Gasteiger partial charge is 0.274 e. The Morgan fingerprint density at radius 2 is 1.88 bits per heavy atom. The Hall–Kier alpha value is -2.67. The highest BCUT2D eigenvalue weighted by Gasteiger charge is 2.21. The molecule has 1 saturated heterocycles. The molecule has 8 heteroatoms. The average molecular weight is 374 g/mol. The molecule has 2 amide bonds. The first-order valence-corrected chi connectivity index (χ1v) is 8.73. The van der Waals surface area contributed by atoms with Crippen LogP contribution in [0.3, 0.4) is 0 Å². The molecule has 1 aliphatic heterocycles. The number of halogens is 1. The van der Waals surface area contributed by atoms with E-state index in [-0.39, 0.29) is 17.5 Å². The molecule has 1 N–H and O–H groups in total. The van der Waals surface area contributed by atoms with Crippen molar-refractivity contribution in [1.82, 2.24) is 14.9 Å². The van der Waals surface area contributed by atoms with Crippen molar-refractivity contribution in [2.45, 2.75) is 13.8 Å². The van der Waals surface area contributed by atoms with Crippen LogP contribution >= 0.6 is 11.6 Å². The Labute approximate surface area is 157 Å². The van der Waals surface area contributed by atoms with Crippen LogP contribution in [0.4, 0.5) is 11.6 Å². The van der Waals surface area contributed by atoms with Gasteiger partial charge in [0.2, 0.25) is 11.9 Å². The van der Waals surface area contributed by atoms with E-state index in [9.17, 15) is 9.59 Å². The summed E-state index contributed by atoms with van der Waals surface area (Å²) < 4.78 is 0. The van der Waals surface area contributed by atoms with E-state index in [1.165, 1.54) is 0 Å². The number of aryl methyl sites for hydroxylation is 1. The minimum Gasteiger partial charge on any atom is -0.339 e. The molecule has 0 saturated carbocycles. The first-order valence-electron chi connectivity index (χ1n) is 8.35. The van der Waals surface area contributed by atoms with Gasteiger partial charge in [-0.05, 0) is 30.7 Å². The molecule has 136 valence electrons. The number of nitrogens with one attached hydrogen (secondary N) is 1. The highest BCUT2D eigenvalue weighted by molar-refractivity contribution is 6.31. The number of anilines is 2. The maximum Gasteiger partial charge on any atom is 0.274 e. The summed E-state index contributed by atoms with van der Waals surface area (Å²) >= 11 is 6.09. The lowest BCUT2D eigenvalue weighted by molar-refractivity contribution is -0.129. The van der Waals surface area contributed by atoms with Crippen molar-refractivity contribution in [3.8, 4) is 0 Å². The summed E-state index contributed by atoms with van der Waals surface area (Å²) in [5.74, 6) is 0.231. The molecule has 3 rings (SSSR count). The average Bonchev–Trinajstić information content (AvgIpc) is 2.65. The van der Waals surface area contributed by atoms with Crippen molar-refractivity contribution in [2.24, 2.45) is 0 Å². The second kappa shape index (κ2) is 7.70. The molecule has 7 nitrogen and oxygen atoms in total. The molecule has 1 aromatic carbocycles. The normalized spacial score (nSPS) is 14.3. The summed E-state index contributed by atoms with van der Waals surface area (Å²) in [7, 11) is 0. The van der Waals surface area contributed by atoms with E-state index in [1.807, 2.05) is 17.9 Å². The highest BCUT2D eigenvalue weighted by atomic mass is 35.5. The number of carbonyl (C=O) groups excluding carboxylic acids is 2. The quantitative estimate of drug-likeness (QED) is 0.893. The number of rotatable bonds is 3. The Morgan fingerprint density at radius 1 is 1.15 bits per heavy atom. The minimum absolute atomic E-state index is 0.0652. The molecular weight excluding hydrogens is 354 g/mol. The summed E-state index contributed by atoms with van der Waals surface area (Å²) in [6.07, 6.45) is 1.57. The molecule has 1 fully saturated rings. The number of aromatic nitrogens is 2. The van der Waals surface area contributed by atoms with Gasteiger partial charge in [-0.25, -0.2) is 9.97 Å². The third kappa shape index (κ3) is 4.11. The van der Waals surface area contributed by atoms with Gasteiger partial charge in [-0.3, -0.25) is 9.59 Å². The lowest BCUT2D eigenvalue weighted by atomic mass is 10.2. The van der Waals surface area contributed by atoms with Crippen molar-refractivity contribution in [3.63, 3.8) is 0 Å². The fourth-order valence-electron chi connectivity index (χ4n) is 2.71. The maximum absolute atomic E-state index is 12.5. The van der Waals surface area contributed by atoms with E-state index in [2.05, 4.69) is 15.3 Å². The van der Waals surface area contributed by atoms with Crippen molar-refractivity contribution in [3.05, 3.63) is 46.7 Å². The lowest BCUT2D eigenvalue weighted by Gasteiger charge is -2.34. The van der Waals surface area contributed by atoms with Gasteiger partial charge < -0.3 is 15.1 Å². The van der Waals surface area contributed by atoms with Crippen LogP contribution in [-0.4, -0.2) is 52.9 Å². The zero-order valence-corrected chi connectivity index (χ0v) is 15.5. The molecule has 2 aromatic rings. The Morgan fingerprint density at radius 3 is 2.54 bits per heavy atom. The molecule has 1 aromatic heterocycles. The van der Waals surface area contributed by atoms with Gasteiger partial charge in [0, 0.05) is 50.0 Å². The van der Waals surface area contributed by atoms with Crippen LogP contribution in [0.2, 0.25) is 5.02 Å². The van der Waals surface area contributed by atoms with Crippen LogP contribution in [0.15, 0.2) is 30.5 Å². The predicted octanol–water partition coefficient (Wildman–Crippen LogP) is 2.36. The lowest BCUT2D eigenvalue weighted by Crippen LogP contribution is -2.48. The van der Waals surface area contributed by atoms with E-state index < -0.39 is 0 Å². The largest absolute Gasteiger partial charge is 0.339 e. The number of benzene rings is 1. The van der Waals surface area contributed by atoms with E-state index in [0.29, 0.717) is 42.8 Å². The van der Waals surface area contributed by atoms with E-state index in [4.69, 9.17) is 11.6 Å². The molecule has 0 atom stereocenters. The van der Waals surface area contributed by atoms with Gasteiger partial charge in [0.1, 0.15) is 5.69 Å². The third-order valence-electron chi connectivity index (χ3n) is 4.31. The minimum atomic E-state index is -0.323.